The van der Waals surface area contributed by atoms with Crippen molar-refractivity contribution in [2.24, 2.45) is 11.7 Å². The van der Waals surface area contributed by atoms with Crippen LogP contribution in [0.2, 0.25) is 0 Å². The van der Waals surface area contributed by atoms with E-state index < -0.39 is 22.7 Å². The molecule has 2 fully saturated rings. The summed E-state index contributed by atoms with van der Waals surface area (Å²) in [5.41, 5.74) is 5.98. The number of halogens is 1. The van der Waals surface area contributed by atoms with E-state index in [-0.39, 0.29) is 30.7 Å². The van der Waals surface area contributed by atoms with Crippen molar-refractivity contribution in [2.75, 3.05) is 20.3 Å². The Hall–Kier alpha value is -4.09. The highest BCUT2D eigenvalue weighted by molar-refractivity contribution is 7.18. The first kappa shape index (κ1) is 27.7. The Morgan fingerprint density at radius 2 is 1.93 bits per heavy atom. The van der Waals surface area contributed by atoms with Gasteiger partial charge >= 0.3 is 0 Å². The Morgan fingerprint density at radius 1 is 1.19 bits per heavy atom. The van der Waals surface area contributed by atoms with Gasteiger partial charge in [0.25, 0.3) is 5.91 Å². The van der Waals surface area contributed by atoms with Gasteiger partial charge in [0, 0.05) is 22.6 Å². The van der Waals surface area contributed by atoms with Crippen molar-refractivity contribution in [3.8, 4) is 22.8 Å². The van der Waals surface area contributed by atoms with Crippen LogP contribution < -0.4 is 20.5 Å². The lowest BCUT2D eigenvalue weighted by Gasteiger charge is -2.30. The molecule has 11 heteroatoms. The van der Waals surface area contributed by atoms with Gasteiger partial charge in [-0.15, -0.1) is 11.3 Å². The maximum atomic E-state index is 13.8. The molecule has 0 bridgehead atoms. The van der Waals surface area contributed by atoms with Crippen molar-refractivity contribution < 1.29 is 28.6 Å². The normalized spacial score (nSPS) is 20.7. The van der Waals surface area contributed by atoms with Crippen molar-refractivity contribution >= 4 is 33.4 Å². The number of carbonyl (C=O) groups excluding carboxylic acids is 2. The summed E-state index contributed by atoms with van der Waals surface area (Å²) < 4.78 is 26.2. The van der Waals surface area contributed by atoms with Crippen LogP contribution in [-0.4, -0.2) is 47.2 Å². The quantitative estimate of drug-likeness (QED) is 0.256. The van der Waals surface area contributed by atoms with Gasteiger partial charge in [-0.1, -0.05) is 0 Å². The molecule has 1 aliphatic heterocycles. The Morgan fingerprint density at radius 3 is 2.58 bits per heavy atom. The first-order valence-corrected chi connectivity index (χ1v) is 15.2. The molecule has 43 heavy (non-hydrogen) atoms. The molecule has 7 rings (SSSR count). The highest BCUT2D eigenvalue weighted by atomic mass is 32.1. The number of thiazole rings is 1. The van der Waals surface area contributed by atoms with Gasteiger partial charge in [-0.3, -0.25) is 9.59 Å². The molecule has 9 nitrogen and oxygen atoms in total. The van der Waals surface area contributed by atoms with E-state index in [0.29, 0.717) is 39.8 Å². The van der Waals surface area contributed by atoms with Gasteiger partial charge in [0.2, 0.25) is 5.91 Å². The summed E-state index contributed by atoms with van der Waals surface area (Å²) in [5.74, 6) is -0.142. The number of amides is 2. The molecule has 0 spiro atoms. The first-order valence-electron chi connectivity index (χ1n) is 14.3. The van der Waals surface area contributed by atoms with Gasteiger partial charge in [-0.25, -0.2) is 14.4 Å². The number of hydrogen-bond donors (Lipinski definition) is 3. The van der Waals surface area contributed by atoms with Crippen LogP contribution in [0.4, 0.5) is 4.39 Å². The van der Waals surface area contributed by atoms with Crippen LogP contribution >= 0.6 is 11.3 Å². The molecule has 2 atom stereocenters. The molecule has 2 aromatic carbocycles. The monoisotopic (exact) mass is 602 g/mol. The highest BCUT2D eigenvalue weighted by Gasteiger charge is 2.50. The zero-order valence-corrected chi connectivity index (χ0v) is 24.6. The molecule has 222 valence electrons. The topological polar surface area (TPSA) is 137 Å². The molecule has 4 N–H and O–H groups in total. The fraction of sp³-hybridized carbons (Fsp3) is 0.375. The number of nitrogens with one attached hydrogen (secondary N) is 1. The molecule has 2 aliphatic carbocycles. The molecule has 0 saturated heterocycles. The van der Waals surface area contributed by atoms with Gasteiger partial charge in [-0.05, 0) is 81.0 Å². The average Bonchev–Trinajstić information content (AvgIpc) is 3.95. The minimum atomic E-state index is -1.54. The van der Waals surface area contributed by atoms with Crippen LogP contribution in [-0.2, 0) is 15.8 Å². The Bertz CT molecular complexity index is 1780. The number of nitrogens with two attached hydrogens (primary N) is 1. The van der Waals surface area contributed by atoms with E-state index in [9.17, 15) is 19.1 Å². The zero-order chi connectivity index (χ0) is 30.1. The van der Waals surface area contributed by atoms with E-state index in [0.717, 1.165) is 40.9 Å². The number of fused-ring (bicyclic) bond motifs is 2. The van der Waals surface area contributed by atoms with E-state index in [1.807, 2.05) is 6.07 Å². The summed E-state index contributed by atoms with van der Waals surface area (Å²) in [5, 5.41) is 16.2. The molecule has 3 aliphatic rings. The average molecular weight is 603 g/mol. The Labute approximate surface area is 251 Å². The number of aromatic nitrogens is 2. The molecule has 2 saturated carbocycles. The Balaban J connectivity index is 1.25. The van der Waals surface area contributed by atoms with Crippen LogP contribution in [0, 0.1) is 11.7 Å². The minimum absolute atomic E-state index is 0.0138. The summed E-state index contributed by atoms with van der Waals surface area (Å²) in [6.45, 7) is 1.59. The predicted molar refractivity (Wildman–Crippen MR) is 159 cm³/mol. The number of hydrogen-bond acceptors (Lipinski definition) is 8. The molecule has 2 aromatic heterocycles. The van der Waals surface area contributed by atoms with Crippen molar-refractivity contribution in [2.45, 2.75) is 49.5 Å². The second kappa shape index (κ2) is 9.99. The lowest BCUT2D eigenvalue weighted by atomic mass is 9.81. The lowest BCUT2D eigenvalue weighted by Crippen LogP contribution is -2.44. The number of rotatable bonds is 9. The molecular formula is C32H31FN4O5S. The third-order valence-electron chi connectivity index (χ3n) is 8.83. The largest absolute Gasteiger partial charge is 0.494 e. The van der Waals surface area contributed by atoms with Crippen LogP contribution in [0.5, 0.6) is 11.5 Å². The third kappa shape index (κ3) is 4.71. The van der Waals surface area contributed by atoms with Gasteiger partial charge in [0.1, 0.15) is 46.1 Å². The number of aliphatic hydroxyl groups is 1. The maximum absolute atomic E-state index is 13.8. The second-order valence-corrected chi connectivity index (χ2v) is 13.0. The fourth-order valence-electron chi connectivity index (χ4n) is 5.74. The lowest BCUT2D eigenvalue weighted by molar-refractivity contribution is -0.123. The fourth-order valence-corrected chi connectivity index (χ4v) is 6.94. The highest BCUT2D eigenvalue weighted by Crippen LogP contribution is 2.50. The molecule has 0 radical (unpaired) electrons. The van der Waals surface area contributed by atoms with Crippen molar-refractivity contribution in [1.29, 1.82) is 0 Å². The molecule has 4 aromatic rings. The smallest absolute Gasteiger partial charge is 0.251 e. The summed E-state index contributed by atoms with van der Waals surface area (Å²) >= 11 is 1.57. The predicted octanol–water partition coefficient (Wildman–Crippen LogP) is 4.55. The van der Waals surface area contributed by atoms with Crippen molar-refractivity contribution in [3.63, 3.8) is 0 Å². The standard InChI is InChI=1S/C32H31FN4O5S/c1-31(30(34)39)15-42-27-21(31)13-24(36-25(27)16-5-9-20(33)10-6-16)32(40,19-7-8-19)14-35-28(38)18-11-22(41-2)26-23(12-18)43-29(37-26)17-3-4-17/h5-6,9-13,17,19,40H,3-4,7-8,14-15H2,1-2H3,(H2,34,39)(H,35,38)/t31-,32?/m0/s1. The van der Waals surface area contributed by atoms with Crippen molar-refractivity contribution in [3.05, 3.63) is 70.1 Å². The zero-order valence-electron chi connectivity index (χ0n) is 23.8. The number of ether oxygens (including phenoxy) is 2. The minimum Gasteiger partial charge on any atom is -0.494 e. The first-order chi connectivity index (χ1) is 20.6. The van der Waals surface area contributed by atoms with Crippen LogP contribution in [0.15, 0.2) is 42.5 Å². The second-order valence-electron chi connectivity index (χ2n) is 12.0. The van der Waals surface area contributed by atoms with Crippen LogP contribution in [0.3, 0.4) is 0 Å². The van der Waals surface area contributed by atoms with E-state index in [2.05, 4.69) is 5.32 Å². The number of pyridine rings is 1. The van der Waals surface area contributed by atoms with Crippen LogP contribution in [0.1, 0.15) is 65.1 Å². The van der Waals surface area contributed by atoms with E-state index in [4.69, 9.17) is 25.2 Å². The third-order valence-corrected chi connectivity index (χ3v) is 10.00. The number of nitrogens with zero attached hydrogens (tertiary/aromatic N) is 2. The van der Waals surface area contributed by atoms with Gasteiger partial charge in [0.15, 0.2) is 0 Å². The number of methoxy groups -OCH3 is 1. The van der Waals surface area contributed by atoms with Gasteiger partial charge in [-0.2, -0.15) is 0 Å². The number of benzene rings is 2. The Kier molecular flexibility index (Phi) is 6.44. The SMILES string of the molecule is COc1cc(C(=O)NCC(O)(c2cc3c(c(-c4ccc(F)cc4)n2)OC[C@]3(C)C(N)=O)C2CC2)cc2sc(C3CC3)nc12. The van der Waals surface area contributed by atoms with Crippen molar-refractivity contribution in [1.82, 2.24) is 15.3 Å². The van der Waals surface area contributed by atoms with Gasteiger partial charge in [0.05, 0.1) is 29.1 Å². The summed E-state index contributed by atoms with van der Waals surface area (Å²) in [4.78, 5) is 35.6. The molecule has 1 unspecified atom stereocenters. The number of primary amides is 1. The van der Waals surface area contributed by atoms with Crippen LogP contribution in [0.25, 0.3) is 21.5 Å². The van der Waals surface area contributed by atoms with E-state index in [1.165, 1.54) is 12.1 Å². The summed E-state index contributed by atoms with van der Waals surface area (Å²) in [7, 11) is 1.56. The van der Waals surface area contributed by atoms with E-state index >= 15 is 0 Å². The summed E-state index contributed by atoms with van der Waals surface area (Å²) in [6, 6.07) is 10.9. The molecule has 3 heterocycles. The van der Waals surface area contributed by atoms with Gasteiger partial charge < -0.3 is 25.6 Å². The number of carbonyl (C=O) groups is 2. The molecular weight excluding hydrogens is 571 g/mol. The maximum Gasteiger partial charge on any atom is 0.251 e. The van der Waals surface area contributed by atoms with E-state index in [1.54, 1.807) is 49.6 Å². The summed E-state index contributed by atoms with van der Waals surface area (Å²) in [6.07, 6.45) is 3.73. The molecule has 2 amide bonds.